The van der Waals surface area contributed by atoms with Crippen LogP contribution in [-0.2, 0) is 4.74 Å². The highest BCUT2D eigenvalue weighted by Gasteiger charge is 2.14. The summed E-state index contributed by atoms with van der Waals surface area (Å²) in [6.45, 7) is 5.03. The van der Waals surface area contributed by atoms with Crippen molar-refractivity contribution in [1.82, 2.24) is 10.2 Å². The third-order valence-electron chi connectivity index (χ3n) is 4.39. The van der Waals surface area contributed by atoms with E-state index < -0.39 is 0 Å². The van der Waals surface area contributed by atoms with Crippen LogP contribution in [0.3, 0.4) is 0 Å². The number of amides is 1. The van der Waals surface area contributed by atoms with Gasteiger partial charge in [-0.05, 0) is 18.2 Å². The maximum absolute atomic E-state index is 12.4. The third-order valence-corrected chi connectivity index (χ3v) is 6.47. The van der Waals surface area contributed by atoms with Crippen LogP contribution in [0.25, 0.3) is 20.5 Å². The molecule has 1 aromatic carbocycles. The molecule has 130 valence electrons. The summed E-state index contributed by atoms with van der Waals surface area (Å²) in [4.78, 5) is 16.6. The number of hydrogen-bond donors (Lipinski definition) is 1. The van der Waals surface area contributed by atoms with E-state index in [0.717, 1.165) is 42.6 Å². The van der Waals surface area contributed by atoms with Gasteiger partial charge in [-0.2, -0.15) is 0 Å². The molecule has 3 heterocycles. The van der Waals surface area contributed by atoms with Crippen molar-refractivity contribution in [2.75, 3.05) is 39.4 Å². The molecule has 25 heavy (non-hydrogen) atoms. The Morgan fingerprint density at radius 2 is 2.00 bits per heavy atom. The zero-order valence-corrected chi connectivity index (χ0v) is 15.5. The Labute approximate surface area is 155 Å². The molecule has 1 fully saturated rings. The van der Waals surface area contributed by atoms with Gasteiger partial charge in [-0.3, -0.25) is 9.69 Å². The predicted molar refractivity (Wildman–Crippen MR) is 105 cm³/mol. The first-order valence-electron chi connectivity index (χ1n) is 8.46. The van der Waals surface area contributed by atoms with Gasteiger partial charge in [0.2, 0.25) is 0 Å². The Morgan fingerprint density at radius 1 is 1.16 bits per heavy atom. The molecule has 0 bridgehead atoms. The van der Waals surface area contributed by atoms with Crippen molar-refractivity contribution in [2.45, 2.75) is 0 Å². The lowest BCUT2D eigenvalue weighted by atomic mass is 10.1. The maximum atomic E-state index is 12.4. The Hall–Kier alpha value is -1.73. The van der Waals surface area contributed by atoms with E-state index in [1.165, 1.54) is 15.6 Å². The van der Waals surface area contributed by atoms with Crippen LogP contribution in [-0.4, -0.2) is 50.2 Å². The molecule has 0 radical (unpaired) electrons. The molecule has 2 aromatic heterocycles. The van der Waals surface area contributed by atoms with E-state index in [9.17, 15) is 4.79 Å². The number of carbonyl (C=O) groups is 1. The van der Waals surface area contributed by atoms with Crippen LogP contribution in [0.5, 0.6) is 0 Å². The lowest BCUT2D eigenvalue weighted by molar-refractivity contribution is 0.0383. The van der Waals surface area contributed by atoms with E-state index in [1.54, 1.807) is 22.7 Å². The van der Waals surface area contributed by atoms with Crippen LogP contribution in [0.4, 0.5) is 0 Å². The molecule has 0 atom stereocenters. The fraction of sp³-hybridized carbons (Fsp3) is 0.316. The quantitative estimate of drug-likeness (QED) is 0.743. The second-order valence-corrected chi connectivity index (χ2v) is 8.01. The second kappa shape index (κ2) is 7.66. The monoisotopic (exact) mass is 372 g/mol. The standard InChI is InChI=1S/C19H20N2O2S2/c22-19(20-7-8-21-9-11-23-12-10-21)18-6-5-17(25-18)15-13-24-16-4-2-1-3-14(15)16/h1-6,13H,7-12H2,(H,20,22). The van der Waals surface area contributed by atoms with Gasteiger partial charge in [0.05, 0.1) is 18.1 Å². The lowest BCUT2D eigenvalue weighted by Crippen LogP contribution is -2.41. The van der Waals surface area contributed by atoms with E-state index in [2.05, 4.69) is 45.9 Å². The number of benzene rings is 1. The van der Waals surface area contributed by atoms with Crippen LogP contribution in [0, 0.1) is 0 Å². The molecule has 0 spiro atoms. The zero-order valence-electron chi connectivity index (χ0n) is 13.9. The highest BCUT2D eigenvalue weighted by atomic mass is 32.1. The lowest BCUT2D eigenvalue weighted by Gasteiger charge is -2.26. The summed E-state index contributed by atoms with van der Waals surface area (Å²) >= 11 is 3.31. The highest BCUT2D eigenvalue weighted by molar-refractivity contribution is 7.20. The molecule has 6 heteroatoms. The van der Waals surface area contributed by atoms with Crippen molar-refractivity contribution in [3.05, 3.63) is 46.7 Å². The summed E-state index contributed by atoms with van der Waals surface area (Å²) in [5, 5.41) is 6.47. The van der Waals surface area contributed by atoms with E-state index in [4.69, 9.17) is 4.74 Å². The topological polar surface area (TPSA) is 41.6 Å². The number of fused-ring (bicyclic) bond motifs is 1. The molecule has 1 N–H and O–H groups in total. The smallest absolute Gasteiger partial charge is 0.261 e. The van der Waals surface area contributed by atoms with Crippen molar-refractivity contribution >= 4 is 38.7 Å². The Kier molecular flexibility index (Phi) is 5.12. The molecule has 1 aliphatic heterocycles. The van der Waals surface area contributed by atoms with Crippen LogP contribution >= 0.6 is 22.7 Å². The van der Waals surface area contributed by atoms with Crippen LogP contribution in [0.15, 0.2) is 41.8 Å². The summed E-state index contributed by atoms with van der Waals surface area (Å²) < 4.78 is 6.62. The van der Waals surface area contributed by atoms with Crippen LogP contribution in [0.2, 0.25) is 0 Å². The fourth-order valence-corrected chi connectivity index (χ4v) is 5.00. The molecule has 0 aliphatic carbocycles. The predicted octanol–water partition coefficient (Wildman–Crippen LogP) is 3.69. The van der Waals surface area contributed by atoms with E-state index in [1.807, 2.05) is 6.07 Å². The van der Waals surface area contributed by atoms with E-state index in [0.29, 0.717) is 6.54 Å². The molecule has 0 unspecified atom stereocenters. The van der Waals surface area contributed by atoms with Gasteiger partial charge in [-0.15, -0.1) is 22.7 Å². The van der Waals surface area contributed by atoms with Crippen molar-refractivity contribution in [2.24, 2.45) is 0 Å². The molecule has 1 amide bonds. The minimum absolute atomic E-state index is 0.0176. The van der Waals surface area contributed by atoms with Crippen molar-refractivity contribution < 1.29 is 9.53 Å². The average Bonchev–Trinajstić information content (AvgIpc) is 3.29. The molecular weight excluding hydrogens is 352 g/mol. The van der Waals surface area contributed by atoms with Crippen molar-refractivity contribution in [3.63, 3.8) is 0 Å². The normalized spacial score (nSPS) is 15.5. The number of hydrogen-bond acceptors (Lipinski definition) is 5. The van der Waals surface area contributed by atoms with E-state index >= 15 is 0 Å². The summed E-state index contributed by atoms with van der Waals surface area (Å²) in [5.41, 5.74) is 1.22. The molecule has 4 rings (SSSR count). The Morgan fingerprint density at radius 3 is 2.88 bits per heavy atom. The van der Waals surface area contributed by atoms with Crippen LogP contribution in [0.1, 0.15) is 9.67 Å². The number of nitrogens with zero attached hydrogens (tertiary/aromatic N) is 1. The highest BCUT2D eigenvalue weighted by Crippen LogP contribution is 2.37. The molecule has 3 aromatic rings. The van der Waals surface area contributed by atoms with Crippen molar-refractivity contribution in [1.29, 1.82) is 0 Å². The summed E-state index contributed by atoms with van der Waals surface area (Å²) in [6.07, 6.45) is 0. The number of morpholine rings is 1. The van der Waals surface area contributed by atoms with Gasteiger partial charge in [-0.25, -0.2) is 0 Å². The summed E-state index contributed by atoms with van der Waals surface area (Å²) in [7, 11) is 0. The molecule has 0 saturated carbocycles. The number of nitrogens with one attached hydrogen (secondary N) is 1. The number of thiophene rings is 2. The maximum Gasteiger partial charge on any atom is 0.261 e. The van der Waals surface area contributed by atoms with Gasteiger partial charge < -0.3 is 10.1 Å². The minimum Gasteiger partial charge on any atom is -0.379 e. The molecule has 1 saturated heterocycles. The SMILES string of the molecule is O=C(NCCN1CCOCC1)c1ccc(-c2csc3ccccc23)s1. The van der Waals surface area contributed by atoms with Gasteiger partial charge in [0, 0.05) is 52.1 Å². The van der Waals surface area contributed by atoms with E-state index in [-0.39, 0.29) is 5.91 Å². The molecular formula is C19H20N2O2S2. The largest absolute Gasteiger partial charge is 0.379 e. The van der Waals surface area contributed by atoms with Gasteiger partial charge in [0.15, 0.2) is 0 Å². The molecule has 1 aliphatic rings. The van der Waals surface area contributed by atoms with Gasteiger partial charge >= 0.3 is 0 Å². The first-order chi connectivity index (χ1) is 12.3. The number of carbonyl (C=O) groups excluding carboxylic acids is 1. The van der Waals surface area contributed by atoms with Gasteiger partial charge in [-0.1, -0.05) is 18.2 Å². The summed E-state index contributed by atoms with van der Waals surface area (Å²) in [6, 6.07) is 12.4. The van der Waals surface area contributed by atoms with Crippen LogP contribution < -0.4 is 5.32 Å². The zero-order chi connectivity index (χ0) is 17.1. The average molecular weight is 373 g/mol. The first kappa shape index (κ1) is 16.7. The van der Waals surface area contributed by atoms with Gasteiger partial charge in [0.25, 0.3) is 5.91 Å². The molecule has 4 nitrogen and oxygen atoms in total. The minimum atomic E-state index is 0.0176. The number of rotatable bonds is 5. The van der Waals surface area contributed by atoms with Gasteiger partial charge in [0.1, 0.15) is 0 Å². The van der Waals surface area contributed by atoms with Crippen molar-refractivity contribution in [3.8, 4) is 10.4 Å². The summed E-state index contributed by atoms with van der Waals surface area (Å²) in [5.74, 6) is 0.0176. The third kappa shape index (κ3) is 3.77. The first-order valence-corrected chi connectivity index (χ1v) is 10.2. The Bertz CT molecular complexity index is 865. The fourth-order valence-electron chi connectivity index (χ4n) is 3.01. The Balaban J connectivity index is 1.39. The second-order valence-electron chi connectivity index (χ2n) is 6.02. The number of ether oxygens (including phenoxy) is 1.